The Bertz CT molecular complexity index is 260. The Balaban J connectivity index is 2.23. The smallest absolute Gasteiger partial charge is 0.0101 e. The molecule has 0 spiro atoms. The monoisotopic (exact) mass is 194 g/mol. The molecule has 1 aliphatic rings. The van der Waals surface area contributed by atoms with Crippen LogP contribution in [0.15, 0.2) is 35.2 Å². The van der Waals surface area contributed by atoms with Crippen molar-refractivity contribution in [2.24, 2.45) is 0 Å². The molecule has 13 heavy (non-hydrogen) atoms. The molecule has 0 saturated carbocycles. The molecule has 0 unspecified atom stereocenters. The highest BCUT2D eigenvalue weighted by atomic mass is 32.3. The van der Waals surface area contributed by atoms with E-state index >= 15 is 0 Å². The third-order valence-electron chi connectivity index (χ3n) is 3.00. The molecule has 1 heterocycles. The van der Waals surface area contributed by atoms with Crippen molar-refractivity contribution < 1.29 is 0 Å². The van der Waals surface area contributed by atoms with Gasteiger partial charge in [0.25, 0.3) is 0 Å². The first-order valence-electron chi connectivity index (χ1n) is 5.10. The van der Waals surface area contributed by atoms with Crippen LogP contribution in [-0.4, -0.2) is 17.8 Å². The third kappa shape index (κ3) is 1.91. The van der Waals surface area contributed by atoms with Crippen LogP contribution in [0.2, 0.25) is 0 Å². The molecule has 1 fully saturated rings. The molecule has 0 aromatic heterocycles. The lowest BCUT2D eigenvalue weighted by Gasteiger charge is -2.39. The summed E-state index contributed by atoms with van der Waals surface area (Å²) in [6.07, 6.45) is 6.85. The lowest BCUT2D eigenvalue weighted by atomic mass is 10.3. The van der Waals surface area contributed by atoms with E-state index in [9.17, 15) is 0 Å². The van der Waals surface area contributed by atoms with E-state index in [-0.39, 0.29) is 0 Å². The molecule has 1 heteroatoms. The van der Waals surface area contributed by atoms with Crippen molar-refractivity contribution in [3.8, 4) is 0 Å². The molecule has 0 N–H and O–H groups in total. The molecule has 1 saturated heterocycles. The zero-order chi connectivity index (χ0) is 9.15. The first-order chi connectivity index (χ1) is 6.31. The summed E-state index contributed by atoms with van der Waals surface area (Å²) in [5, 5.41) is 0. The Kier molecular flexibility index (Phi) is 2.63. The summed E-state index contributed by atoms with van der Waals surface area (Å²) in [7, 11) is -0.419. The minimum absolute atomic E-state index is 0.419. The highest BCUT2D eigenvalue weighted by Crippen LogP contribution is 2.55. The standard InChI is InChI=1S/C12H18S/c1-13(10-6-3-7-11-13)12-8-4-2-5-9-12/h2,4-5,8-9H,3,6-7,10-11H2,1H3. The highest BCUT2D eigenvalue weighted by Gasteiger charge is 2.22. The predicted molar refractivity (Wildman–Crippen MR) is 61.8 cm³/mol. The zero-order valence-electron chi connectivity index (χ0n) is 8.33. The van der Waals surface area contributed by atoms with Gasteiger partial charge in [0.05, 0.1) is 0 Å². The van der Waals surface area contributed by atoms with Crippen LogP contribution < -0.4 is 0 Å². The average Bonchev–Trinajstić information content (AvgIpc) is 2.20. The van der Waals surface area contributed by atoms with Crippen molar-refractivity contribution in [3.63, 3.8) is 0 Å². The van der Waals surface area contributed by atoms with Gasteiger partial charge in [0, 0.05) is 0 Å². The van der Waals surface area contributed by atoms with Gasteiger partial charge < -0.3 is 0 Å². The SMILES string of the molecule is CS1(c2ccccc2)CCCCC1. The summed E-state index contributed by atoms with van der Waals surface area (Å²) < 4.78 is 0. The van der Waals surface area contributed by atoms with Gasteiger partial charge in [-0.15, -0.1) is 0 Å². The molecule has 2 rings (SSSR count). The van der Waals surface area contributed by atoms with E-state index in [0.29, 0.717) is 0 Å². The molecule has 0 aliphatic carbocycles. The van der Waals surface area contributed by atoms with Crippen molar-refractivity contribution >= 4 is 10.0 Å². The number of rotatable bonds is 1. The largest absolute Gasteiger partial charge is 0.217 e. The molecular formula is C12H18S. The molecule has 1 aromatic rings. The van der Waals surface area contributed by atoms with Gasteiger partial charge in [0.2, 0.25) is 0 Å². The third-order valence-corrected chi connectivity index (χ3v) is 6.79. The molecule has 0 atom stereocenters. The molecular weight excluding hydrogens is 176 g/mol. The van der Waals surface area contributed by atoms with Crippen molar-refractivity contribution in [2.45, 2.75) is 24.2 Å². The molecule has 0 radical (unpaired) electrons. The molecule has 0 amide bonds. The van der Waals surface area contributed by atoms with Gasteiger partial charge in [-0.1, -0.05) is 36.8 Å². The Morgan fingerprint density at radius 1 is 0.923 bits per heavy atom. The van der Waals surface area contributed by atoms with Crippen molar-refractivity contribution in [1.29, 1.82) is 0 Å². The van der Waals surface area contributed by atoms with Gasteiger partial charge in [0.15, 0.2) is 0 Å². The fourth-order valence-electron chi connectivity index (χ4n) is 2.10. The maximum atomic E-state index is 2.50. The minimum atomic E-state index is -0.419. The Labute approximate surface area is 82.7 Å². The Morgan fingerprint density at radius 3 is 2.15 bits per heavy atom. The summed E-state index contributed by atoms with van der Waals surface area (Å²) in [6, 6.07) is 11.1. The second-order valence-electron chi connectivity index (χ2n) is 4.06. The van der Waals surface area contributed by atoms with Crippen LogP contribution in [0.3, 0.4) is 0 Å². The van der Waals surface area contributed by atoms with Crippen molar-refractivity contribution in [3.05, 3.63) is 30.3 Å². The van der Waals surface area contributed by atoms with E-state index in [4.69, 9.17) is 0 Å². The Hall–Kier alpha value is -0.430. The van der Waals surface area contributed by atoms with E-state index in [2.05, 4.69) is 36.6 Å². The summed E-state index contributed by atoms with van der Waals surface area (Å²) in [6.45, 7) is 0. The summed E-state index contributed by atoms with van der Waals surface area (Å²) in [5.41, 5.74) is 0. The summed E-state index contributed by atoms with van der Waals surface area (Å²) in [5.74, 6) is 2.91. The van der Waals surface area contributed by atoms with E-state index < -0.39 is 10.0 Å². The van der Waals surface area contributed by atoms with Gasteiger partial charge in [-0.3, -0.25) is 0 Å². The van der Waals surface area contributed by atoms with E-state index in [1.807, 2.05) is 0 Å². The summed E-state index contributed by atoms with van der Waals surface area (Å²) >= 11 is 0. The van der Waals surface area contributed by atoms with Gasteiger partial charge in [0.1, 0.15) is 0 Å². The van der Waals surface area contributed by atoms with Crippen LogP contribution in [-0.2, 0) is 0 Å². The maximum absolute atomic E-state index is 2.50. The van der Waals surface area contributed by atoms with Crippen molar-refractivity contribution in [2.75, 3.05) is 17.8 Å². The zero-order valence-corrected chi connectivity index (χ0v) is 9.15. The summed E-state index contributed by atoms with van der Waals surface area (Å²) in [4.78, 5) is 1.62. The fraction of sp³-hybridized carbons (Fsp3) is 0.500. The molecule has 72 valence electrons. The highest BCUT2D eigenvalue weighted by molar-refractivity contribution is 8.33. The van der Waals surface area contributed by atoms with Gasteiger partial charge in [-0.2, -0.15) is 0 Å². The van der Waals surface area contributed by atoms with Crippen LogP contribution >= 0.6 is 10.0 Å². The van der Waals surface area contributed by atoms with Gasteiger partial charge >= 0.3 is 0 Å². The maximum Gasteiger partial charge on any atom is -0.0101 e. The molecule has 0 nitrogen and oxygen atoms in total. The number of hydrogen-bond donors (Lipinski definition) is 0. The van der Waals surface area contributed by atoms with Gasteiger partial charge in [-0.05, 0) is 35.5 Å². The predicted octanol–water partition coefficient (Wildman–Crippen LogP) is 3.66. The van der Waals surface area contributed by atoms with E-state index in [0.717, 1.165) is 0 Å². The minimum Gasteiger partial charge on any atom is -0.217 e. The lowest BCUT2D eigenvalue weighted by molar-refractivity contribution is 0.753. The number of hydrogen-bond acceptors (Lipinski definition) is 0. The van der Waals surface area contributed by atoms with Crippen LogP contribution in [0.4, 0.5) is 0 Å². The van der Waals surface area contributed by atoms with Crippen LogP contribution in [0.25, 0.3) is 0 Å². The normalized spacial score (nSPS) is 23.8. The first kappa shape index (κ1) is 9.14. The van der Waals surface area contributed by atoms with Crippen LogP contribution in [0.1, 0.15) is 19.3 Å². The fourth-order valence-corrected chi connectivity index (χ4v) is 5.28. The topological polar surface area (TPSA) is 0 Å². The van der Waals surface area contributed by atoms with E-state index in [1.165, 1.54) is 30.8 Å². The van der Waals surface area contributed by atoms with Crippen molar-refractivity contribution in [1.82, 2.24) is 0 Å². The van der Waals surface area contributed by atoms with Crippen LogP contribution in [0, 0.1) is 0 Å². The molecule has 1 aromatic carbocycles. The molecule has 0 bridgehead atoms. The Morgan fingerprint density at radius 2 is 1.54 bits per heavy atom. The average molecular weight is 194 g/mol. The number of benzene rings is 1. The lowest BCUT2D eigenvalue weighted by Crippen LogP contribution is -2.13. The molecule has 1 aliphatic heterocycles. The second kappa shape index (κ2) is 3.75. The van der Waals surface area contributed by atoms with Crippen LogP contribution in [0.5, 0.6) is 0 Å². The second-order valence-corrected chi connectivity index (χ2v) is 7.89. The van der Waals surface area contributed by atoms with Gasteiger partial charge in [-0.25, -0.2) is 10.0 Å². The van der Waals surface area contributed by atoms with E-state index in [1.54, 1.807) is 4.90 Å². The quantitative estimate of drug-likeness (QED) is 0.640. The first-order valence-corrected chi connectivity index (χ1v) is 7.48.